The van der Waals surface area contributed by atoms with Crippen molar-refractivity contribution in [3.05, 3.63) is 69.8 Å². The SMILES string of the molecule is NC(=O)c1cccc(C(=O)NCCNc2ccc([N+](=O)[O-])cc2)c1. The van der Waals surface area contributed by atoms with Gasteiger partial charge in [-0.25, -0.2) is 0 Å². The number of benzene rings is 2. The first kappa shape index (κ1) is 16.9. The highest BCUT2D eigenvalue weighted by molar-refractivity contribution is 5.99. The molecule has 24 heavy (non-hydrogen) atoms. The van der Waals surface area contributed by atoms with Crippen molar-refractivity contribution in [2.24, 2.45) is 5.73 Å². The molecule has 0 saturated carbocycles. The highest BCUT2D eigenvalue weighted by Gasteiger charge is 2.08. The number of nitrogens with one attached hydrogen (secondary N) is 2. The summed E-state index contributed by atoms with van der Waals surface area (Å²) in [7, 11) is 0. The summed E-state index contributed by atoms with van der Waals surface area (Å²) in [6.45, 7) is 0.787. The van der Waals surface area contributed by atoms with E-state index in [2.05, 4.69) is 10.6 Å². The molecule has 0 fully saturated rings. The Balaban J connectivity index is 1.81. The highest BCUT2D eigenvalue weighted by atomic mass is 16.6. The van der Waals surface area contributed by atoms with Crippen molar-refractivity contribution in [2.75, 3.05) is 18.4 Å². The Morgan fingerprint density at radius 1 is 1.04 bits per heavy atom. The van der Waals surface area contributed by atoms with Crippen LogP contribution in [-0.4, -0.2) is 29.8 Å². The molecule has 2 aromatic rings. The van der Waals surface area contributed by atoms with Crippen LogP contribution < -0.4 is 16.4 Å². The lowest BCUT2D eigenvalue weighted by molar-refractivity contribution is -0.384. The Bertz CT molecular complexity index is 759. The van der Waals surface area contributed by atoms with E-state index >= 15 is 0 Å². The summed E-state index contributed by atoms with van der Waals surface area (Å²) in [6, 6.07) is 12.1. The first-order valence-electron chi connectivity index (χ1n) is 7.14. The molecular weight excluding hydrogens is 312 g/mol. The fourth-order valence-electron chi connectivity index (χ4n) is 2.00. The Kier molecular flexibility index (Phi) is 5.45. The predicted molar refractivity (Wildman–Crippen MR) is 88.9 cm³/mol. The highest BCUT2D eigenvalue weighted by Crippen LogP contribution is 2.14. The second-order valence-electron chi connectivity index (χ2n) is 4.93. The molecule has 8 heteroatoms. The molecule has 2 amide bonds. The molecule has 0 heterocycles. The third kappa shape index (κ3) is 4.54. The van der Waals surface area contributed by atoms with Gasteiger partial charge in [0.05, 0.1) is 4.92 Å². The molecule has 0 atom stereocenters. The lowest BCUT2D eigenvalue weighted by Crippen LogP contribution is -2.29. The summed E-state index contributed by atoms with van der Waals surface area (Å²) in [5.41, 5.74) is 6.52. The number of carbonyl (C=O) groups is 2. The van der Waals surface area contributed by atoms with Gasteiger partial charge in [-0.3, -0.25) is 19.7 Å². The molecule has 2 aromatic carbocycles. The van der Waals surface area contributed by atoms with Crippen molar-refractivity contribution in [2.45, 2.75) is 0 Å². The molecule has 0 aliphatic heterocycles. The zero-order valence-corrected chi connectivity index (χ0v) is 12.7. The minimum atomic E-state index is -0.593. The van der Waals surface area contributed by atoms with Crippen molar-refractivity contribution in [1.29, 1.82) is 0 Å². The first-order valence-corrected chi connectivity index (χ1v) is 7.14. The van der Waals surface area contributed by atoms with E-state index in [4.69, 9.17) is 5.73 Å². The minimum absolute atomic E-state index is 0.0168. The molecule has 0 saturated heterocycles. The Hall–Kier alpha value is -3.42. The van der Waals surface area contributed by atoms with Crippen LogP contribution in [-0.2, 0) is 0 Å². The molecule has 0 aliphatic rings. The number of nitrogens with zero attached hydrogens (tertiary/aromatic N) is 1. The standard InChI is InChI=1S/C16H16N4O4/c17-15(21)11-2-1-3-12(10-11)16(22)19-9-8-18-13-4-6-14(7-5-13)20(23)24/h1-7,10,18H,8-9H2,(H2,17,21)(H,19,22). The van der Waals surface area contributed by atoms with Gasteiger partial charge in [-0.2, -0.15) is 0 Å². The van der Waals surface area contributed by atoms with Crippen LogP contribution in [0.1, 0.15) is 20.7 Å². The van der Waals surface area contributed by atoms with Gasteiger partial charge in [-0.05, 0) is 30.3 Å². The second kappa shape index (κ2) is 7.73. The monoisotopic (exact) mass is 328 g/mol. The zero-order chi connectivity index (χ0) is 17.5. The van der Waals surface area contributed by atoms with E-state index in [0.29, 0.717) is 24.3 Å². The number of nitro benzene ring substituents is 1. The fraction of sp³-hybridized carbons (Fsp3) is 0.125. The van der Waals surface area contributed by atoms with Gasteiger partial charge in [0.15, 0.2) is 0 Å². The number of primary amides is 1. The summed E-state index contributed by atoms with van der Waals surface area (Å²) in [4.78, 5) is 33.2. The van der Waals surface area contributed by atoms with Crippen molar-refractivity contribution >= 4 is 23.2 Å². The van der Waals surface area contributed by atoms with Crippen LogP contribution in [0, 0.1) is 10.1 Å². The Morgan fingerprint density at radius 2 is 1.71 bits per heavy atom. The molecule has 0 aromatic heterocycles. The summed E-state index contributed by atoms with van der Waals surface area (Å²) in [5.74, 6) is -0.909. The lowest BCUT2D eigenvalue weighted by atomic mass is 10.1. The van der Waals surface area contributed by atoms with Crippen LogP contribution in [0.4, 0.5) is 11.4 Å². The number of rotatable bonds is 7. The third-order valence-corrected chi connectivity index (χ3v) is 3.23. The minimum Gasteiger partial charge on any atom is -0.383 e. The normalized spacial score (nSPS) is 10.0. The summed E-state index contributed by atoms with van der Waals surface area (Å²) >= 11 is 0. The Labute approximate surface area is 137 Å². The molecule has 0 radical (unpaired) electrons. The average molecular weight is 328 g/mol. The summed E-state index contributed by atoms with van der Waals surface area (Å²) in [6.07, 6.45) is 0. The molecule has 124 valence electrons. The van der Waals surface area contributed by atoms with Crippen molar-refractivity contribution in [3.63, 3.8) is 0 Å². The maximum absolute atomic E-state index is 12.0. The number of non-ortho nitro benzene ring substituents is 1. The van der Waals surface area contributed by atoms with E-state index in [9.17, 15) is 19.7 Å². The van der Waals surface area contributed by atoms with Gasteiger partial charge in [0.2, 0.25) is 5.91 Å². The van der Waals surface area contributed by atoms with Crippen molar-refractivity contribution in [1.82, 2.24) is 5.32 Å². The fourth-order valence-corrected chi connectivity index (χ4v) is 2.00. The van der Waals surface area contributed by atoms with Gasteiger partial charge >= 0.3 is 0 Å². The number of amides is 2. The molecule has 4 N–H and O–H groups in total. The van der Waals surface area contributed by atoms with Gasteiger partial charge in [0, 0.05) is 42.0 Å². The van der Waals surface area contributed by atoms with Crippen LogP contribution in [0.3, 0.4) is 0 Å². The predicted octanol–water partition coefficient (Wildman–Crippen LogP) is 1.54. The molecule has 2 rings (SSSR count). The third-order valence-electron chi connectivity index (χ3n) is 3.23. The number of nitro groups is 1. The molecule has 0 spiro atoms. The van der Waals surface area contributed by atoms with Crippen molar-refractivity contribution in [3.8, 4) is 0 Å². The maximum atomic E-state index is 12.0. The molecule has 0 aliphatic carbocycles. The average Bonchev–Trinajstić information content (AvgIpc) is 2.59. The van der Waals surface area contributed by atoms with Gasteiger partial charge in [0.1, 0.15) is 0 Å². The summed E-state index contributed by atoms with van der Waals surface area (Å²) in [5, 5.41) is 16.3. The van der Waals surface area contributed by atoms with Gasteiger partial charge < -0.3 is 16.4 Å². The lowest BCUT2D eigenvalue weighted by Gasteiger charge is -2.08. The van der Waals surface area contributed by atoms with E-state index in [0.717, 1.165) is 0 Å². The number of hydrogen-bond donors (Lipinski definition) is 3. The first-order chi connectivity index (χ1) is 11.5. The van der Waals surface area contributed by atoms with Crippen LogP contribution in [0.25, 0.3) is 0 Å². The second-order valence-corrected chi connectivity index (χ2v) is 4.93. The number of anilines is 1. The number of carbonyl (C=O) groups excluding carboxylic acids is 2. The topological polar surface area (TPSA) is 127 Å². The van der Waals surface area contributed by atoms with Crippen molar-refractivity contribution < 1.29 is 14.5 Å². The zero-order valence-electron chi connectivity index (χ0n) is 12.7. The van der Waals surface area contributed by atoms with Crippen LogP contribution in [0.2, 0.25) is 0 Å². The van der Waals surface area contributed by atoms with Crippen LogP contribution in [0.15, 0.2) is 48.5 Å². The van der Waals surface area contributed by atoms with E-state index in [1.165, 1.54) is 24.3 Å². The van der Waals surface area contributed by atoms with Gasteiger partial charge in [0.25, 0.3) is 11.6 Å². The molecule has 0 unspecified atom stereocenters. The van der Waals surface area contributed by atoms with Gasteiger partial charge in [-0.15, -0.1) is 0 Å². The van der Waals surface area contributed by atoms with Gasteiger partial charge in [-0.1, -0.05) is 6.07 Å². The van der Waals surface area contributed by atoms with Crippen LogP contribution >= 0.6 is 0 Å². The largest absolute Gasteiger partial charge is 0.383 e. The summed E-state index contributed by atoms with van der Waals surface area (Å²) < 4.78 is 0. The maximum Gasteiger partial charge on any atom is 0.269 e. The number of nitrogens with two attached hydrogens (primary N) is 1. The van der Waals surface area contributed by atoms with E-state index in [-0.39, 0.29) is 17.2 Å². The molecule has 8 nitrogen and oxygen atoms in total. The molecular formula is C16H16N4O4. The van der Waals surface area contributed by atoms with E-state index < -0.39 is 10.8 Å². The quantitative estimate of drug-likeness (QED) is 0.403. The van der Waals surface area contributed by atoms with E-state index in [1.54, 1.807) is 24.3 Å². The molecule has 0 bridgehead atoms. The van der Waals surface area contributed by atoms with Crippen LogP contribution in [0.5, 0.6) is 0 Å². The Morgan fingerprint density at radius 3 is 2.33 bits per heavy atom. The number of hydrogen-bond acceptors (Lipinski definition) is 5. The smallest absolute Gasteiger partial charge is 0.269 e. The van der Waals surface area contributed by atoms with E-state index in [1.807, 2.05) is 0 Å².